The van der Waals surface area contributed by atoms with E-state index in [-0.39, 0.29) is 11.3 Å². The fraction of sp³-hybridized carbons (Fsp3) is 0.111. The van der Waals surface area contributed by atoms with E-state index < -0.39 is 5.91 Å². The third-order valence-electron chi connectivity index (χ3n) is 3.29. The summed E-state index contributed by atoms with van der Waals surface area (Å²) in [6, 6.07) is 14.0. The van der Waals surface area contributed by atoms with Gasteiger partial charge in [-0.15, -0.1) is 0 Å². The molecule has 24 heavy (non-hydrogen) atoms. The first-order chi connectivity index (χ1) is 11.5. The molecule has 0 aliphatic carbocycles. The van der Waals surface area contributed by atoms with Crippen molar-refractivity contribution in [1.82, 2.24) is 5.32 Å². The molecular formula is C18H14BrClN2O2. The molecule has 122 valence electrons. The Morgan fingerprint density at radius 2 is 2.08 bits per heavy atom. The zero-order valence-corrected chi connectivity index (χ0v) is 14.9. The molecule has 6 heteroatoms. The molecule has 0 heterocycles. The standard InChI is InChI=1S/C18H14BrClN2O2/c19-15-5-6-17(23)13(10-15)9-14(11-21)18(24)22-8-7-12-3-1-2-4-16(12)20/h1-6,9-10,23H,7-8H2,(H,22,24). The molecule has 0 atom stereocenters. The molecule has 0 aromatic heterocycles. The van der Waals surface area contributed by atoms with E-state index in [1.54, 1.807) is 18.2 Å². The van der Waals surface area contributed by atoms with Crippen molar-refractivity contribution in [2.24, 2.45) is 0 Å². The fourth-order valence-electron chi connectivity index (χ4n) is 2.05. The summed E-state index contributed by atoms with van der Waals surface area (Å²) in [6.07, 6.45) is 1.91. The van der Waals surface area contributed by atoms with Gasteiger partial charge in [0, 0.05) is 21.6 Å². The zero-order chi connectivity index (χ0) is 17.5. The highest BCUT2D eigenvalue weighted by atomic mass is 79.9. The summed E-state index contributed by atoms with van der Waals surface area (Å²) >= 11 is 9.34. The van der Waals surface area contributed by atoms with Crippen molar-refractivity contribution >= 4 is 39.5 Å². The average Bonchev–Trinajstić information content (AvgIpc) is 2.57. The van der Waals surface area contributed by atoms with Crippen LogP contribution in [0.15, 0.2) is 52.5 Å². The molecule has 0 saturated carbocycles. The lowest BCUT2D eigenvalue weighted by atomic mass is 10.1. The van der Waals surface area contributed by atoms with Crippen LogP contribution in [-0.4, -0.2) is 17.6 Å². The number of hydrogen-bond acceptors (Lipinski definition) is 3. The van der Waals surface area contributed by atoms with E-state index in [1.165, 1.54) is 12.1 Å². The molecule has 2 aromatic carbocycles. The molecule has 0 aliphatic heterocycles. The van der Waals surface area contributed by atoms with Crippen molar-refractivity contribution < 1.29 is 9.90 Å². The zero-order valence-electron chi connectivity index (χ0n) is 12.6. The Morgan fingerprint density at radius 1 is 1.33 bits per heavy atom. The van der Waals surface area contributed by atoms with Crippen LogP contribution in [0.25, 0.3) is 6.08 Å². The highest BCUT2D eigenvalue weighted by Crippen LogP contribution is 2.24. The first kappa shape index (κ1) is 18.1. The smallest absolute Gasteiger partial charge is 0.261 e. The SMILES string of the molecule is N#CC(=Cc1cc(Br)ccc1O)C(=O)NCCc1ccccc1Cl. The number of carbonyl (C=O) groups is 1. The lowest BCUT2D eigenvalue weighted by molar-refractivity contribution is -0.117. The molecule has 0 fully saturated rings. The van der Waals surface area contributed by atoms with Gasteiger partial charge in [-0.3, -0.25) is 4.79 Å². The third kappa shape index (κ3) is 4.85. The molecule has 2 N–H and O–H groups in total. The molecule has 0 saturated heterocycles. The number of halogens is 2. The number of benzene rings is 2. The largest absolute Gasteiger partial charge is 0.507 e. The van der Waals surface area contributed by atoms with Gasteiger partial charge in [0.05, 0.1) is 0 Å². The first-order valence-electron chi connectivity index (χ1n) is 7.13. The summed E-state index contributed by atoms with van der Waals surface area (Å²) in [5.41, 5.74) is 1.23. The molecule has 0 radical (unpaired) electrons. The number of rotatable bonds is 5. The maximum absolute atomic E-state index is 12.1. The predicted molar refractivity (Wildman–Crippen MR) is 97.6 cm³/mol. The van der Waals surface area contributed by atoms with Gasteiger partial charge in [0.1, 0.15) is 17.4 Å². The van der Waals surface area contributed by atoms with E-state index in [4.69, 9.17) is 11.6 Å². The van der Waals surface area contributed by atoms with Gasteiger partial charge in [0.25, 0.3) is 5.91 Å². The predicted octanol–water partition coefficient (Wildman–Crippen LogP) is 4.07. The second-order valence-corrected chi connectivity index (χ2v) is 6.29. The molecule has 2 aromatic rings. The van der Waals surface area contributed by atoms with Crippen molar-refractivity contribution in [3.63, 3.8) is 0 Å². The van der Waals surface area contributed by atoms with Gasteiger partial charge in [0.15, 0.2) is 0 Å². The number of hydrogen-bond donors (Lipinski definition) is 2. The van der Waals surface area contributed by atoms with Gasteiger partial charge in [-0.1, -0.05) is 45.7 Å². The Labute approximate surface area is 153 Å². The fourth-order valence-corrected chi connectivity index (χ4v) is 2.66. The van der Waals surface area contributed by atoms with Gasteiger partial charge < -0.3 is 10.4 Å². The minimum Gasteiger partial charge on any atom is -0.507 e. The summed E-state index contributed by atoms with van der Waals surface area (Å²) in [5.74, 6) is -0.501. The summed E-state index contributed by atoms with van der Waals surface area (Å²) in [6.45, 7) is 0.353. The van der Waals surface area contributed by atoms with Gasteiger partial charge in [-0.25, -0.2) is 0 Å². The highest BCUT2D eigenvalue weighted by Gasteiger charge is 2.10. The molecular weight excluding hydrogens is 392 g/mol. The van der Waals surface area contributed by atoms with Crippen LogP contribution >= 0.6 is 27.5 Å². The van der Waals surface area contributed by atoms with Crippen molar-refractivity contribution in [3.8, 4) is 11.8 Å². The number of phenols is 1. The number of aromatic hydroxyl groups is 1. The average molecular weight is 406 g/mol. The summed E-state index contributed by atoms with van der Waals surface area (Å²) < 4.78 is 0.739. The summed E-state index contributed by atoms with van der Waals surface area (Å²) in [4.78, 5) is 12.1. The Hall–Kier alpha value is -2.29. The number of nitrogens with zero attached hydrogens (tertiary/aromatic N) is 1. The third-order valence-corrected chi connectivity index (χ3v) is 4.15. The number of carbonyl (C=O) groups excluding carboxylic acids is 1. The monoisotopic (exact) mass is 404 g/mol. The van der Waals surface area contributed by atoms with E-state index in [0.29, 0.717) is 23.6 Å². The van der Waals surface area contributed by atoms with E-state index >= 15 is 0 Å². The van der Waals surface area contributed by atoms with E-state index in [9.17, 15) is 15.2 Å². The molecule has 0 spiro atoms. The summed E-state index contributed by atoms with van der Waals surface area (Å²) in [5, 5.41) is 22.3. The van der Waals surface area contributed by atoms with Gasteiger partial charge in [-0.2, -0.15) is 5.26 Å². The highest BCUT2D eigenvalue weighted by molar-refractivity contribution is 9.10. The van der Waals surface area contributed by atoms with Crippen LogP contribution in [0.4, 0.5) is 0 Å². The lowest BCUT2D eigenvalue weighted by Crippen LogP contribution is -2.26. The van der Waals surface area contributed by atoms with Crippen molar-refractivity contribution in [3.05, 3.63) is 68.7 Å². The van der Waals surface area contributed by atoms with E-state index in [1.807, 2.05) is 24.3 Å². The number of amides is 1. The number of nitriles is 1. The Balaban J connectivity index is 2.04. The normalized spacial score (nSPS) is 11.0. The maximum Gasteiger partial charge on any atom is 0.261 e. The van der Waals surface area contributed by atoms with Crippen LogP contribution < -0.4 is 5.32 Å². The van der Waals surface area contributed by atoms with Crippen molar-refractivity contribution in [2.45, 2.75) is 6.42 Å². The Kier molecular flexibility index (Phi) is 6.42. The topological polar surface area (TPSA) is 73.1 Å². The van der Waals surface area contributed by atoms with Crippen LogP contribution in [0.1, 0.15) is 11.1 Å². The van der Waals surface area contributed by atoms with Crippen molar-refractivity contribution in [1.29, 1.82) is 5.26 Å². The number of nitrogens with one attached hydrogen (secondary N) is 1. The molecule has 4 nitrogen and oxygen atoms in total. The molecule has 1 amide bonds. The lowest BCUT2D eigenvalue weighted by Gasteiger charge is -2.06. The first-order valence-corrected chi connectivity index (χ1v) is 8.30. The Morgan fingerprint density at radius 3 is 2.79 bits per heavy atom. The minimum absolute atomic E-state index is 0.00480. The maximum atomic E-state index is 12.1. The van der Waals surface area contributed by atoms with Crippen molar-refractivity contribution in [2.75, 3.05) is 6.54 Å². The van der Waals surface area contributed by atoms with Crippen LogP contribution in [0.5, 0.6) is 5.75 Å². The van der Waals surface area contributed by atoms with Crippen LogP contribution in [-0.2, 0) is 11.2 Å². The quantitative estimate of drug-likeness (QED) is 0.581. The van der Waals surface area contributed by atoms with E-state index in [2.05, 4.69) is 21.2 Å². The molecule has 2 rings (SSSR count). The van der Waals surface area contributed by atoms with Crippen LogP contribution in [0.2, 0.25) is 5.02 Å². The molecule has 0 aliphatic rings. The van der Waals surface area contributed by atoms with E-state index in [0.717, 1.165) is 10.0 Å². The van der Waals surface area contributed by atoms with Crippen LogP contribution in [0, 0.1) is 11.3 Å². The van der Waals surface area contributed by atoms with Gasteiger partial charge in [-0.05, 0) is 42.3 Å². The second kappa shape index (κ2) is 8.53. The number of phenolic OH excluding ortho intramolecular Hbond substituents is 1. The van der Waals surface area contributed by atoms with Crippen LogP contribution in [0.3, 0.4) is 0 Å². The van der Waals surface area contributed by atoms with Gasteiger partial charge in [0.2, 0.25) is 0 Å². The minimum atomic E-state index is -0.496. The van der Waals surface area contributed by atoms with Gasteiger partial charge >= 0.3 is 0 Å². The second-order valence-electron chi connectivity index (χ2n) is 4.97. The molecule has 0 unspecified atom stereocenters. The summed E-state index contributed by atoms with van der Waals surface area (Å²) in [7, 11) is 0. The molecule has 0 bridgehead atoms. The Bertz CT molecular complexity index is 828.